The molecule has 0 heterocycles. The Kier molecular flexibility index (Phi) is 9.35. The van der Waals surface area contributed by atoms with Gasteiger partial charge in [-0.15, -0.1) is 0 Å². The molecule has 0 fully saturated rings. The van der Waals surface area contributed by atoms with Crippen molar-refractivity contribution in [3.63, 3.8) is 0 Å². The molecule has 2 unspecified atom stereocenters. The van der Waals surface area contributed by atoms with Crippen LogP contribution < -0.4 is 0 Å². The Morgan fingerprint density at radius 1 is 1.21 bits per heavy atom. The Balaban J connectivity index is 3.24. The van der Waals surface area contributed by atoms with Crippen LogP contribution in [0.4, 0.5) is 0 Å². The third-order valence-electron chi connectivity index (χ3n) is 2.01. The zero-order valence-electron chi connectivity index (χ0n) is 9.66. The third kappa shape index (κ3) is 8.48. The molecule has 3 nitrogen and oxygen atoms in total. The summed E-state index contributed by atoms with van der Waals surface area (Å²) in [4.78, 5) is 0. The Morgan fingerprint density at radius 2 is 1.93 bits per heavy atom. The first kappa shape index (κ1) is 13.9. The topological polar surface area (TPSA) is 38.7 Å². The van der Waals surface area contributed by atoms with E-state index in [1.807, 2.05) is 0 Å². The molecule has 0 aliphatic heterocycles. The number of rotatable bonds is 9. The highest BCUT2D eigenvalue weighted by molar-refractivity contribution is 4.53. The van der Waals surface area contributed by atoms with Gasteiger partial charge in [0.25, 0.3) is 0 Å². The maximum atomic E-state index is 8.93. The predicted molar refractivity (Wildman–Crippen MR) is 57.4 cm³/mol. The van der Waals surface area contributed by atoms with E-state index in [1.54, 1.807) is 6.92 Å². The quantitative estimate of drug-likeness (QED) is 0.584. The molecule has 0 rings (SSSR count). The molecule has 14 heavy (non-hydrogen) atoms. The van der Waals surface area contributed by atoms with Gasteiger partial charge in [0.05, 0.1) is 32.0 Å². The van der Waals surface area contributed by atoms with Gasteiger partial charge in [-0.3, -0.25) is 0 Å². The highest BCUT2D eigenvalue weighted by atomic mass is 16.5. The van der Waals surface area contributed by atoms with Gasteiger partial charge in [0.2, 0.25) is 0 Å². The number of aliphatic hydroxyl groups is 1. The minimum atomic E-state index is -0.382. The van der Waals surface area contributed by atoms with E-state index in [-0.39, 0.29) is 6.10 Å². The molecule has 0 radical (unpaired) electrons. The van der Waals surface area contributed by atoms with E-state index in [9.17, 15) is 0 Å². The lowest BCUT2D eigenvalue weighted by molar-refractivity contribution is -0.0189. The van der Waals surface area contributed by atoms with E-state index in [1.165, 1.54) is 0 Å². The largest absolute Gasteiger partial charge is 0.391 e. The van der Waals surface area contributed by atoms with Crippen LogP contribution in [0.3, 0.4) is 0 Å². The number of hydrogen-bond acceptors (Lipinski definition) is 3. The van der Waals surface area contributed by atoms with Gasteiger partial charge in [-0.1, -0.05) is 20.3 Å². The predicted octanol–water partition coefficient (Wildman–Crippen LogP) is 1.98. The smallest absolute Gasteiger partial charge is 0.0745 e. The van der Waals surface area contributed by atoms with Crippen LogP contribution in [-0.2, 0) is 9.47 Å². The normalized spacial score (nSPS) is 15.4. The molecular weight excluding hydrogens is 180 g/mol. The minimum Gasteiger partial charge on any atom is -0.391 e. The van der Waals surface area contributed by atoms with Gasteiger partial charge in [0, 0.05) is 0 Å². The zero-order valence-corrected chi connectivity index (χ0v) is 9.66. The Morgan fingerprint density at radius 3 is 2.43 bits per heavy atom. The van der Waals surface area contributed by atoms with Crippen LogP contribution in [0.25, 0.3) is 0 Å². The van der Waals surface area contributed by atoms with Gasteiger partial charge in [-0.25, -0.2) is 0 Å². The maximum absolute atomic E-state index is 8.93. The number of ether oxygens (including phenoxy) is 2. The van der Waals surface area contributed by atoms with E-state index in [2.05, 4.69) is 13.8 Å². The maximum Gasteiger partial charge on any atom is 0.0745 e. The molecule has 0 aromatic rings. The Bertz CT molecular complexity index is 115. The first-order chi connectivity index (χ1) is 6.70. The second-order valence-corrected chi connectivity index (χ2v) is 3.61. The van der Waals surface area contributed by atoms with E-state index < -0.39 is 0 Å². The second-order valence-electron chi connectivity index (χ2n) is 3.61. The van der Waals surface area contributed by atoms with Gasteiger partial charge in [0.15, 0.2) is 0 Å². The minimum absolute atomic E-state index is 0.371. The average molecular weight is 204 g/mol. The number of aliphatic hydroxyl groups excluding tert-OH is 1. The highest BCUT2D eigenvalue weighted by Crippen LogP contribution is 2.05. The summed E-state index contributed by atoms with van der Waals surface area (Å²) < 4.78 is 10.8. The molecule has 0 bridgehead atoms. The third-order valence-corrected chi connectivity index (χ3v) is 2.01. The summed E-state index contributed by atoms with van der Waals surface area (Å²) in [5.74, 6) is 0. The molecule has 3 heteroatoms. The lowest BCUT2D eigenvalue weighted by atomic mass is 10.2. The molecule has 1 N–H and O–H groups in total. The van der Waals surface area contributed by atoms with Crippen LogP contribution in [0, 0.1) is 0 Å². The zero-order chi connectivity index (χ0) is 10.8. The summed E-state index contributed by atoms with van der Waals surface area (Å²) in [6.45, 7) is 7.62. The molecule has 0 aromatic heterocycles. The Labute approximate surface area is 87.4 Å². The lowest BCUT2D eigenvalue weighted by Gasteiger charge is -2.15. The van der Waals surface area contributed by atoms with Crippen LogP contribution in [0.1, 0.15) is 40.0 Å². The molecule has 86 valence electrons. The van der Waals surface area contributed by atoms with Crippen molar-refractivity contribution in [2.45, 2.75) is 52.2 Å². The van der Waals surface area contributed by atoms with Gasteiger partial charge in [-0.2, -0.15) is 0 Å². The van der Waals surface area contributed by atoms with Crippen molar-refractivity contribution in [3.05, 3.63) is 0 Å². The van der Waals surface area contributed by atoms with Crippen LogP contribution in [0.2, 0.25) is 0 Å². The monoisotopic (exact) mass is 204 g/mol. The summed E-state index contributed by atoms with van der Waals surface area (Å²) in [5, 5.41) is 8.93. The fourth-order valence-corrected chi connectivity index (χ4v) is 1.25. The molecular formula is C11H24O3. The SMILES string of the molecule is CCCC(CC)OCCOCC(C)O. The van der Waals surface area contributed by atoms with Crippen LogP contribution in [-0.4, -0.2) is 37.1 Å². The molecule has 0 saturated heterocycles. The molecule has 0 saturated carbocycles. The summed E-state index contributed by atoms with van der Waals surface area (Å²) in [6, 6.07) is 0. The summed E-state index contributed by atoms with van der Waals surface area (Å²) in [7, 11) is 0. The van der Waals surface area contributed by atoms with Crippen LogP contribution in [0.5, 0.6) is 0 Å². The van der Waals surface area contributed by atoms with Gasteiger partial charge in [0.1, 0.15) is 0 Å². The van der Waals surface area contributed by atoms with Crippen molar-refractivity contribution in [3.8, 4) is 0 Å². The standard InChI is InChI=1S/C11H24O3/c1-4-6-11(5-2)14-8-7-13-9-10(3)12/h10-12H,4-9H2,1-3H3. The molecule has 0 aromatic carbocycles. The molecule has 0 amide bonds. The molecule has 0 aliphatic carbocycles. The summed E-state index contributed by atoms with van der Waals surface area (Å²) in [5.41, 5.74) is 0. The van der Waals surface area contributed by atoms with E-state index in [4.69, 9.17) is 14.6 Å². The first-order valence-corrected chi connectivity index (χ1v) is 5.58. The van der Waals surface area contributed by atoms with E-state index >= 15 is 0 Å². The fraction of sp³-hybridized carbons (Fsp3) is 1.00. The van der Waals surface area contributed by atoms with E-state index in [0.717, 1.165) is 19.3 Å². The van der Waals surface area contributed by atoms with Crippen molar-refractivity contribution < 1.29 is 14.6 Å². The molecule has 0 aliphatic rings. The second kappa shape index (κ2) is 9.44. The van der Waals surface area contributed by atoms with Gasteiger partial charge in [-0.05, 0) is 19.8 Å². The van der Waals surface area contributed by atoms with Crippen LogP contribution >= 0.6 is 0 Å². The Hall–Kier alpha value is -0.120. The van der Waals surface area contributed by atoms with Gasteiger partial charge < -0.3 is 14.6 Å². The first-order valence-electron chi connectivity index (χ1n) is 5.58. The number of hydrogen-bond donors (Lipinski definition) is 1. The summed E-state index contributed by atoms with van der Waals surface area (Å²) in [6.07, 6.45) is 3.33. The molecule has 2 atom stereocenters. The van der Waals surface area contributed by atoms with Crippen molar-refractivity contribution in [2.24, 2.45) is 0 Å². The van der Waals surface area contributed by atoms with Crippen LogP contribution in [0.15, 0.2) is 0 Å². The van der Waals surface area contributed by atoms with Crippen molar-refractivity contribution in [1.82, 2.24) is 0 Å². The van der Waals surface area contributed by atoms with E-state index in [0.29, 0.717) is 25.9 Å². The lowest BCUT2D eigenvalue weighted by Crippen LogP contribution is -2.18. The van der Waals surface area contributed by atoms with Gasteiger partial charge >= 0.3 is 0 Å². The van der Waals surface area contributed by atoms with Crippen molar-refractivity contribution >= 4 is 0 Å². The molecule has 0 spiro atoms. The van der Waals surface area contributed by atoms with Crippen molar-refractivity contribution in [1.29, 1.82) is 0 Å². The van der Waals surface area contributed by atoms with Crippen molar-refractivity contribution in [2.75, 3.05) is 19.8 Å². The summed E-state index contributed by atoms with van der Waals surface area (Å²) >= 11 is 0. The highest BCUT2D eigenvalue weighted by Gasteiger charge is 2.04. The fourth-order valence-electron chi connectivity index (χ4n) is 1.25. The average Bonchev–Trinajstić information content (AvgIpc) is 2.15.